The highest BCUT2D eigenvalue weighted by Gasteiger charge is 2.38. The smallest absolute Gasteiger partial charge is 0.0355 e. The Labute approximate surface area is 717 Å². The summed E-state index contributed by atoms with van der Waals surface area (Å²) in [7, 11) is 0. The van der Waals surface area contributed by atoms with E-state index in [1.807, 2.05) is 22.7 Å². The standard InChI is InChI=1S/C52H30S2.C37H26.C31H22/c1-3-16-48-40(12-1)46-29-35(19-24-50(46)53-48)32-9-5-8-31(26-32)34-18-21-39-43-15-7-14-42-38(22-23-44(52(42)43)45(39)28-34)37-11-6-10-33(27-37)36-20-25-51-47(30-36)41-13-2-4-17-49(41)54-51;1-37(2)34-13-6-5-10-29(34)33-22-25(18-21-35(33)37)23-14-16-24(17-15-23)26-19-20-32-28-9-4-3-8-27(28)31-12-7-11-30(26)36(31)32;1-31(2)28-13-6-5-10-23(28)24-15-14-19(18-29(24)31)20-16-17-27-22-9-4-3-8-21(22)26-12-7-11-25(20)30(26)27/h1-30H;3-22H,1-2H3;3-18H,1-2H3. The Morgan fingerprint density at radius 3 is 0.951 bits per heavy atom. The Morgan fingerprint density at radius 1 is 0.139 bits per heavy atom. The summed E-state index contributed by atoms with van der Waals surface area (Å²) < 4.78 is 5.36. The molecule has 27 rings (SSSR count). The van der Waals surface area contributed by atoms with Gasteiger partial charge in [-0.3, -0.25) is 0 Å². The zero-order valence-corrected chi connectivity index (χ0v) is 69.6. The van der Waals surface area contributed by atoms with Crippen LogP contribution in [-0.4, -0.2) is 0 Å². The van der Waals surface area contributed by atoms with Crippen LogP contribution < -0.4 is 0 Å². The molecule has 2 heterocycles. The van der Waals surface area contributed by atoms with Crippen molar-refractivity contribution in [2.45, 2.75) is 38.5 Å². The molecule has 0 unspecified atom stereocenters. The molecule has 22 aromatic rings. The number of fused-ring (bicyclic) bond motifs is 21. The van der Waals surface area contributed by atoms with Crippen molar-refractivity contribution in [3.8, 4) is 167 Å². The van der Waals surface area contributed by atoms with E-state index in [0.717, 1.165) is 0 Å². The minimum absolute atomic E-state index is 0.0209. The van der Waals surface area contributed by atoms with Gasteiger partial charge >= 0.3 is 0 Å². The molecule has 0 N–H and O–H groups in total. The van der Waals surface area contributed by atoms with E-state index in [9.17, 15) is 0 Å². The minimum atomic E-state index is 0.0209. The van der Waals surface area contributed by atoms with E-state index in [1.54, 1.807) is 0 Å². The lowest BCUT2D eigenvalue weighted by atomic mass is 9.81. The van der Waals surface area contributed by atoms with Gasteiger partial charge in [0.15, 0.2) is 0 Å². The van der Waals surface area contributed by atoms with E-state index < -0.39 is 0 Å². The normalized spacial score (nSPS) is 13.2. The highest BCUT2D eigenvalue weighted by atomic mass is 32.1. The van der Waals surface area contributed by atoms with Gasteiger partial charge in [0.1, 0.15) is 0 Å². The fraction of sp³-hybridized carbons (Fsp3) is 0.0500. The van der Waals surface area contributed by atoms with E-state index in [4.69, 9.17) is 0 Å². The highest BCUT2D eigenvalue weighted by Crippen LogP contribution is 2.57. The van der Waals surface area contributed by atoms with Crippen LogP contribution in [0.4, 0.5) is 0 Å². The van der Waals surface area contributed by atoms with Crippen LogP contribution in [-0.2, 0) is 10.8 Å². The average molecular weight is 1580 g/mol. The number of benzene rings is 20. The second-order valence-corrected chi connectivity index (χ2v) is 36.9. The van der Waals surface area contributed by atoms with Crippen molar-refractivity contribution < 1.29 is 0 Å². The molecule has 122 heavy (non-hydrogen) atoms. The molecule has 0 atom stereocenters. The molecule has 0 saturated heterocycles. The third kappa shape index (κ3) is 10.8. The summed E-state index contributed by atoms with van der Waals surface area (Å²) in [6.07, 6.45) is 0. The SMILES string of the molecule is CC1(C)c2ccccc2-c2cc(-c3ccc(-c4ccc5c6c(cccc46)-c4ccccc4-5)cc3)ccc21.CC1(C)c2ccccc2-c2ccc(-c3ccc4c5c(cccc35)-c3ccccc3-4)cc21.c1cc(-c2ccc3c(c2)-c2ccc(-c4cccc(-c5ccc6sc7ccccc7c6c5)c4)c4cccc-3c24)cc(-c2ccc3sc4ccccc4c3c2)c1. The third-order valence-electron chi connectivity index (χ3n) is 27.5. The van der Waals surface area contributed by atoms with Crippen molar-refractivity contribution >= 4 is 95.3 Å². The molecule has 0 spiro atoms. The maximum Gasteiger partial charge on any atom is 0.0355 e. The third-order valence-corrected chi connectivity index (χ3v) is 29.8. The van der Waals surface area contributed by atoms with Crippen molar-refractivity contribution in [2.75, 3.05) is 0 Å². The molecule has 0 bridgehead atoms. The predicted octanol–water partition coefficient (Wildman–Crippen LogP) is 34.5. The van der Waals surface area contributed by atoms with Gasteiger partial charge in [-0.25, -0.2) is 0 Å². The summed E-state index contributed by atoms with van der Waals surface area (Å²) in [6.45, 7) is 9.38. The molecule has 0 amide bonds. The van der Waals surface area contributed by atoms with Crippen molar-refractivity contribution in [2.24, 2.45) is 0 Å². The van der Waals surface area contributed by atoms with Crippen LogP contribution >= 0.6 is 22.7 Å². The average Bonchev–Trinajstić information content (AvgIpc) is 1.56. The van der Waals surface area contributed by atoms with Gasteiger partial charge < -0.3 is 0 Å². The molecular formula is C120H78S2. The second-order valence-electron chi connectivity index (χ2n) is 34.7. The summed E-state index contributed by atoms with van der Waals surface area (Å²) in [6, 6.07) is 149. The van der Waals surface area contributed by atoms with Crippen molar-refractivity contribution in [1.29, 1.82) is 0 Å². The van der Waals surface area contributed by atoms with Gasteiger partial charge in [-0.05, 0) is 288 Å². The predicted molar refractivity (Wildman–Crippen MR) is 524 cm³/mol. The Hall–Kier alpha value is -14.4. The molecule has 2 aromatic heterocycles. The first-order chi connectivity index (χ1) is 60.0. The van der Waals surface area contributed by atoms with E-state index in [-0.39, 0.29) is 10.8 Å². The van der Waals surface area contributed by atoms with Gasteiger partial charge in [-0.15, -0.1) is 22.7 Å². The Bertz CT molecular complexity index is 8190. The molecule has 20 aromatic carbocycles. The summed E-state index contributed by atoms with van der Waals surface area (Å²) in [5, 5.41) is 13.4. The van der Waals surface area contributed by atoms with Gasteiger partial charge in [0.25, 0.3) is 0 Å². The van der Waals surface area contributed by atoms with Crippen LogP contribution in [0.3, 0.4) is 0 Å². The topological polar surface area (TPSA) is 0 Å². The first kappa shape index (κ1) is 70.6. The van der Waals surface area contributed by atoms with Crippen LogP contribution in [0, 0.1) is 0 Å². The summed E-state index contributed by atoms with van der Waals surface area (Å²) in [5.41, 5.74) is 45.0. The van der Waals surface area contributed by atoms with Gasteiger partial charge in [0, 0.05) is 51.2 Å². The number of hydrogen-bond acceptors (Lipinski definition) is 2. The molecule has 0 radical (unpaired) electrons. The summed E-state index contributed by atoms with van der Waals surface area (Å²) in [4.78, 5) is 0. The molecular weight excluding hydrogens is 1510 g/mol. The molecule has 5 aliphatic carbocycles. The van der Waals surface area contributed by atoms with Gasteiger partial charge in [0.05, 0.1) is 0 Å². The molecule has 2 heteroatoms. The van der Waals surface area contributed by atoms with Crippen LogP contribution in [0.5, 0.6) is 0 Å². The minimum Gasteiger partial charge on any atom is -0.135 e. The largest absolute Gasteiger partial charge is 0.135 e. The van der Waals surface area contributed by atoms with Crippen LogP contribution in [0.25, 0.3) is 240 Å². The maximum atomic E-state index is 2.43. The van der Waals surface area contributed by atoms with Crippen LogP contribution in [0.15, 0.2) is 400 Å². The fourth-order valence-electron chi connectivity index (χ4n) is 21.6. The zero-order chi connectivity index (χ0) is 80.8. The molecule has 5 aliphatic rings. The monoisotopic (exact) mass is 1580 g/mol. The van der Waals surface area contributed by atoms with Crippen molar-refractivity contribution in [3.05, 3.63) is 423 Å². The number of rotatable bonds is 7. The van der Waals surface area contributed by atoms with E-state index in [1.165, 1.54) is 262 Å². The molecule has 0 aliphatic heterocycles. The Morgan fingerprint density at radius 2 is 0.418 bits per heavy atom. The second kappa shape index (κ2) is 27.1. The van der Waals surface area contributed by atoms with E-state index in [0.29, 0.717) is 0 Å². The Balaban J connectivity index is 0.000000106. The Kier molecular flexibility index (Phi) is 15.7. The maximum absolute atomic E-state index is 2.43. The molecule has 570 valence electrons. The highest BCUT2D eigenvalue weighted by molar-refractivity contribution is 7.26. The molecule has 0 nitrogen and oxygen atoms in total. The quantitative estimate of drug-likeness (QED) is 0.149. The van der Waals surface area contributed by atoms with Gasteiger partial charge in [-0.1, -0.05) is 361 Å². The molecule has 0 fully saturated rings. The first-order valence-corrected chi connectivity index (χ1v) is 44.3. The lowest BCUT2D eigenvalue weighted by Crippen LogP contribution is -2.14. The van der Waals surface area contributed by atoms with Crippen molar-refractivity contribution in [3.63, 3.8) is 0 Å². The van der Waals surface area contributed by atoms with Gasteiger partial charge in [0.2, 0.25) is 0 Å². The van der Waals surface area contributed by atoms with E-state index >= 15 is 0 Å². The lowest BCUT2D eigenvalue weighted by Gasteiger charge is -2.22. The fourth-order valence-corrected chi connectivity index (χ4v) is 23.8. The van der Waals surface area contributed by atoms with E-state index in [2.05, 4.69) is 428 Å². The number of hydrogen-bond donors (Lipinski definition) is 0. The molecule has 0 saturated carbocycles. The van der Waals surface area contributed by atoms with Crippen LogP contribution in [0.1, 0.15) is 49.9 Å². The first-order valence-electron chi connectivity index (χ1n) is 42.6. The summed E-state index contributed by atoms with van der Waals surface area (Å²) in [5.74, 6) is 0. The van der Waals surface area contributed by atoms with Gasteiger partial charge in [-0.2, -0.15) is 0 Å². The lowest BCUT2D eigenvalue weighted by molar-refractivity contribution is 0.660. The van der Waals surface area contributed by atoms with Crippen molar-refractivity contribution in [1.82, 2.24) is 0 Å². The van der Waals surface area contributed by atoms with Crippen LogP contribution in [0.2, 0.25) is 0 Å². The number of thiophene rings is 2. The zero-order valence-electron chi connectivity index (χ0n) is 67.9. The summed E-state index contributed by atoms with van der Waals surface area (Å²) >= 11 is 3.74.